The highest BCUT2D eigenvalue weighted by Crippen LogP contribution is 2.29. The second-order valence-corrected chi connectivity index (χ2v) is 6.51. The van der Waals surface area contributed by atoms with Crippen molar-refractivity contribution in [1.82, 2.24) is 19.9 Å². The molecule has 2 N–H and O–H groups in total. The third-order valence-electron chi connectivity index (χ3n) is 4.70. The van der Waals surface area contributed by atoms with Crippen molar-refractivity contribution in [3.63, 3.8) is 0 Å². The lowest BCUT2D eigenvalue weighted by Crippen LogP contribution is -2.32. The van der Waals surface area contributed by atoms with E-state index in [-0.39, 0.29) is 35.1 Å². The van der Waals surface area contributed by atoms with Gasteiger partial charge in [-0.1, -0.05) is 0 Å². The molecule has 0 aliphatic carbocycles. The van der Waals surface area contributed by atoms with Crippen LogP contribution in [0.2, 0.25) is 0 Å². The molecule has 1 aromatic carbocycles. The van der Waals surface area contributed by atoms with Gasteiger partial charge in [0.05, 0.1) is 26.7 Å². The van der Waals surface area contributed by atoms with Gasteiger partial charge in [0.2, 0.25) is 5.91 Å². The van der Waals surface area contributed by atoms with E-state index in [1.165, 1.54) is 10.7 Å². The second kappa shape index (κ2) is 8.06. The number of benzene rings is 1. The molecular weight excluding hydrogens is 374 g/mol. The summed E-state index contributed by atoms with van der Waals surface area (Å²) in [6.07, 6.45) is 1.27. The van der Waals surface area contributed by atoms with Gasteiger partial charge in [0.25, 0.3) is 5.56 Å². The molecule has 1 amide bonds. The van der Waals surface area contributed by atoms with E-state index < -0.39 is 5.56 Å². The molecule has 0 fully saturated rings. The van der Waals surface area contributed by atoms with Gasteiger partial charge in [0.15, 0.2) is 5.65 Å². The maximum absolute atomic E-state index is 12.7. The summed E-state index contributed by atoms with van der Waals surface area (Å²) in [4.78, 5) is 29.7. The Balaban J connectivity index is 1.85. The van der Waals surface area contributed by atoms with Crippen molar-refractivity contribution in [2.75, 3.05) is 14.2 Å². The molecule has 0 radical (unpaired) electrons. The molecule has 3 aromatic rings. The van der Waals surface area contributed by atoms with Gasteiger partial charge in [0, 0.05) is 23.0 Å². The molecule has 0 saturated carbocycles. The van der Waals surface area contributed by atoms with E-state index in [1.54, 1.807) is 39.3 Å². The van der Waals surface area contributed by atoms with E-state index in [9.17, 15) is 9.59 Å². The Morgan fingerprint density at radius 2 is 2.14 bits per heavy atom. The highest BCUT2D eigenvalue weighted by atomic mass is 16.5. The van der Waals surface area contributed by atoms with Crippen LogP contribution < -0.4 is 20.3 Å². The molecule has 3 rings (SSSR count). The minimum absolute atomic E-state index is 0.141. The molecule has 150 valence electrons. The van der Waals surface area contributed by atoms with Gasteiger partial charge in [0.1, 0.15) is 23.1 Å². The van der Waals surface area contributed by atoms with Crippen LogP contribution in [0.3, 0.4) is 0 Å². The zero-order valence-corrected chi connectivity index (χ0v) is 16.6. The number of nitrogens with zero attached hydrogens (tertiary/aromatic N) is 3. The second-order valence-electron chi connectivity index (χ2n) is 6.51. The van der Waals surface area contributed by atoms with Crippen LogP contribution in [-0.4, -0.2) is 34.7 Å². The third kappa shape index (κ3) is 3.78. The molecule has 9 heteroatoms. The van der Waals surface area contributed by atoms with Crippen molar-refractivity contribution < 1.29 is 14.3 Å². The number of rotatable bonds is 6. The van der Waals surface area contributed by atoms with Gasteiger partial charge in [-0.15, -0.1) is 0 Å². The Morgan fingerprint density at radius 3 is 2.79 bits per heavy atom. The Morgan fingerprint density at radius 1 is 1.38 bits per heavy atom. The zero-order valence-electron chi connectivity index (χ0n) is 16.6. The molecule has 0 bridgehead atoms. The number of hydrogen-bond donors (Lipinski definition) is 2. The number of aryl methyl sites for hydroxylation is 1. The summed E-state index contributed by atoms with van der Waals surface area (Å²) in [6, 6.07) is 6.93. The average molecular weight is 395 g/mol. The molecule has 2 aromatic heterocycles. The van der Waals surface area contributed by atoms with Crippen molar-refractivity contribution in [2.45, 2.75) is 26.3 Å². The third-order valence-corrected chi connectivity index (χ3v) is 4.70. The van der Waals surface area contributed by atoms with Crippen LogP contribution in [0.25, 0.3) is 5.65 Å². The lowest BCUT2D eigenvalue weighted by atomic mass is 10.1. The molecule has 0 unspecified atom stereocenters. The number of fused-ring (bicyclic) bond motifs is 1. The van der Waals surface area contributed by atoms with Crippen molar-refractivity contribution in [1.29, 1.82) is 5.26 Å². The van der Waals surface area contributed by atoms with Crippen LogP contribution in [-0.2, 0) is 11.2 Å². The number of carbonyl (C=O) groups is 1. The van der Waals surface area contributed by atoms with Crippen LogP contribution in [0.1, 0.15) is 35.3 Å². The van der Waals surface area contributed by atoms with Gasteiger partial charge in [-0.3, -0.25) is 14.7 Å². The molecule has 2 heterocycles. The van der Waals surface area contributed by atoms with Crippen molar-refractivity contribution in [3.8, 4) is 17.6 Å². The summed E-state index contributed by atoms with van der Waals surface area (Å²) in [7, 11) is 3.11. The van der Waals surface area contributed by atoms with Gasteiger partial charge in [-0.25, -0.2) is 9.50 Å². The van der Waals surface area contributed by atoms with E-state index in [0.29, 0.717) is 17.2 Å². The lowest BCUT2D eigenvalue weighted by molar-refractivity contribution is -0.121. The summed E-state index contributed by atoms with van der Waals surface area (Å²) < 4.78 is 11.8. The largest absolute Gasteiger partial charge is 0.497 e. The Hall–Kier alpha value is -3.80. The number of H-pyrrole nitrogens is 1. The molecule has 1 atom stereocenters. The van der Waals surface area contributed by atoms with Crippen LogP contribution in [0.5, 0.6) is 11.5 Å². The van der Waals surface area contributed by atoms with Crippen LogP contribution in [0.15, 0.2) is 29.2 Å². The van der Waals surface area contributed by atoms with Gasteiger partial charge < -0.3 is 14.8 Å². The minimum Gasteiger partial charge on any atom is -0.497 e. The molecule has 9 nitrogen and oxygen atoms in total. The molecule has 0 saturated heterocycles. The molecular formula is C20H21N5O4. The molecule has 0 aliphatic rings. The maximum Gasteiger partial charge on any atom is 0.276 e. The first-order chi connectivity index (χ1) is 13.9. The normalized spacial score (nSPS) is 11.7. The summed E-state index contributed by atoms with van der Waals surface area (Å²) in [5.41, 5.74) is 1.53. The quantitative estimate of drug-likeness (QED) is 0.654. The summed E-state index contributed by atoms with van der Waals surface area (Å²) in [5.74, 6) is 0.926. The van der Waals surface area contributed by atoms with E-state index >= 15 is 0 Å². The number of aromatic amines is 1. The molecule has 29 heavy (non-hydrogen) atoms. The monoisotopic (exact) mass is 395 g/mol. The molecule has 0 spiro atoms. The van der Waals surface area contributed by atoms with Crippen molar-refractivity contribution in [3.05, 3.63) is 57.1 Å². The number of nitriles is 1. The van der Waals surface area contributed by atoms with E-state index in [1.807, 2.05) is 13.0 Å². The Labute approximate surface area is 166 Å². The van der Waals surface area contributed by atoms with E-state index in [4.69, 9.17) is 14.7 Å². The summed E-state index contributed by atoms with van der Waals surface area (Å²) >= 11 is 0. The first-order valence-corrected chi connectivity index (χ1v) is 8.90. The standard InChI is InChI=1S/C20H21N5O4/c1-11(15-7-14(28-3)5-6-17(15)29-4)23-18(26)8-16-12(2)24-19-13(9-21)10-22-25(19)20(16)27/h5-7,10-11,22H,8H2,1-4H3,(H,23,26)/t11-/m0/s1. The van der Waals surface area contributed by atoms with Crippen LogP contribution in [0.4, 0.5) is 0 Å². The number of amides is 1. The fourth-order valence-corrected chi connectivity index (χ4v) is 3.15. The van der Waals surface area contributed by atoms with Crippen LogP contribution >= 0.6 is 0 Å². The predicted molar refractivity (Wildman–Crippen MR) is 105 cm³/mol. The average Bonchev–Trinajstić information content (AvgIpc) is 3.13. The van der Waals surface area contributed by atoms with E-state index in [2.05, 4.69) is 15.4 Å². The fourth-order valence-electron chi connectivity index (χ4n) is 3.15. The van der Waals surface area contributed by atoms with Gasteiger partial charge >= 0.3 is 0 Å². The number of aromatic nitrogens is 3. The number of carbonyl (C=O) groups excluding carboxylic acids is 1. The Kier molecular flexibility index (Phi) is 5.54. The smallest absolute Gasteiger partial charge is 0.276 e. The van der Waals surface area contributed by atoms with Gasteiger partial charge in [-0.05, 0) is 32.0 Å². The fraction of sp³-hybridized carbons (Fsp3) is 0.300. The van der Waals surface area contributed by atoms with Crippen molar-refractivity contribution >= 4 is 11.6 Å². The SMILES string of the molecule is COc1ccc(OC)c([C@H](C)NC(=O)Cc2c(C)nc3c(C#N)c[nH]n3c2=O)c1. The maximum atomic E-state index is 12.7. The molecule has 0 aliphatic heterocycles. The highest BCUT2D eigenvalue weighted by molar-refractivity contribution is 5.79. The summed E-state index contributed by atoms with van der Waals surface area (Å²) in [6.45, 7) is 3.47. The van der Waals surface area contributed by atoms with Gasteiger partial charge in [-0.2, -0.15) is 5.26 Å². The number of ether oxygens (including phenoxy) is 2. The number of hydrogen-bond acceptors (Lipinski definition) is 6. The van der Waals surface area contributed by atoms with Crippen molar-refractivity contribution in [2.24, 2.45) is 0 Å². The highest BCUT2D eigenvalue weighted by Gasteiger charge is 2.19. The topological polar surface area (TPSA) is 122 Å². The predicted octanol–water partition coefficient (Wildman–Crippen LogP) is 1.64. The summed E-state index contributed by atoms with van der Waals surface area (Å²) in [5, 5.41) is 14.7. The van der Waals surface area contributed by atoms with Crippen LogP contribution in [0, 0.1) is 18.3 Å². The minimum atomic E-state index is -0.407. The first kappa shape index (κ1) is 19.9. The lowest BCUT2D eigenvalue weighted by Gasteiger charge is -2.18. The van der Waals surface area contributed by atoms with E-state index in [0.717, 1.165) is 5.56 Å². The number of nitrogens with one attached hydrogen (secondary N) is 2. The first-order valence-electron chi connectivity index (χ1n) is 8.90. The zero-order chi connectivity index (χ0) is 21.1. The number of methoxy groups -OCH3 is 2. The Bertz CT molecular complexity index is 1170.